The van der Waals surface area contributed by atoms with E-state index in [1.165, 1.54) is 23.4 Å². The number of aryl methyl sites for hydroxylation is 6. The molecule has 1 amide bonds. The molecule has 8 aromatic heterocycles. The Balaban J connectivity index is 0.000000156. The van der Waals surface area contributed by atoms with E-state index in [4.69, 9.17) is 37.5 Å². The maximum absolute atomic E-state index is 12.7. The average molecular weight is 1210 g/mol. The summed E-state index contributed by atoms with van der Waals surface area (Å²) in [6.07, 6.45) is 16.7. The van der Waals surface area contributed by atoms with Gasteiger partial charge >= 0.3 is 28.8 Å². The summed E-state index contributed by atoms with van der Waals surface area (Å²) in [5, 5.41) is 20.5. The predicted octanol–water partition coefficient (Wildman–Crippen LogP) is 7.86. The van der Waals surface area contributed by atoms with Gasteiger partial charge in [-0.1, -0.05) is 20.8 Å². The Morgan fingerprint density at radius 3 is 1.48 bits per heavy atom. The van der Waals surface area contributed by atoms with Crippen molar-refractivity contribution in [2.45, 2.75) is 106 Å². The minimum Gasteiger partial charge on any atom is -0.475 e. The fraction of sp³-hybridized carbons (Fsp3) is 0.529. The van der Waals surface area contributed by atoms with Crippen molar-refractivity contribution in [3.05, 3.63) is 72.9 Å². The molecular formula is C51H73N18O11P3. The highest BCUT2D eigenvalue weighted by Crippen LogP contribution is 2.82. The molecular weight excluding hydrogens is 1130 g/mol. The van der Waals surface area contributed by atoms with Crippen molar-refractivity contribution in [1.29, 1.82) is 0 Å². The summed E-state index contributed by atoms with van der Waals surface area (Å²) in [5.74, 6) is 1.97. The second-order valence-corrected chi connectivity index (χ2v) is 26.9. The van der Waals surface area contributed by atoms with Crippen LogP contribution in [0.1, 0.15) is 99.3 Å². The number of ether oxygens (including phenoxy) is 2. The van der Waals surface area contributed by atoms with Crippen LogP contribution in [0, 0.1) is 13.8 Å². The molecule has 29 nitrogen and oxygen atoms in total. The number of carboxylic acids is 1. The monoisotopic (exact) mass is 1210 g/mol. The van der Waals surface area contributed by atoms with Crippen molar-refractivity contribution in [2.75, 3.05) is 44.7 Å². The molecule has 0 bridgehead atoms. The number of fused-ring (bicyclic) bond motifs is 2. The molecule has 11 rings (SSSR count). The average Bonchev–Trinajstić information content (AvgIpc) is 3.34. The molecule has 11 heterocycles. The zero-order valence-corrected chi connectivity index (χ0v) is 51.3. The first-order valence-corrected chi connectivity index (χ1v) is 32.7. The molecule has 0 radical (unpaired) electrons. The molecule has 3 fully saturated rings. The summed E-state index contributed by atoms with van der Waals surface area (Å²) in [4.78, 5) is 59.5. The second-order valence-electron chi connectivity index (χ2n) is 19.9. The quantitative estimate of drug-likeness (QED) is 0.0869. The second kappa shape index (κ2) is 26.7. The Morgan fingerprint density at radius 1 is 0.651 bits per heavy atom. The fourth-order valence-corrected chi connectivity index (χ4v) is 18.9. The summed E-state index contributed by atoms with van der Waals surface area (Å²) in [6.45, 7) is 18.1. The summed E-state index contributed by atoms with van der Waals surface area (Å²) < 4.78 is 75.5. The van der Waals surface area contributed by atoms with Gasteiger partial charge in [0.05, 0.1) is 48.6 Å². The van der Waals surface area contributed by atoms with Gasteiger partial charge in [-0.2, -0.15) is 20.2 Å². The maximum atomic E-state index is 12.7. The van der Waals surface area contributed by atoms with Crippen LogP contribution in [0.3, 0.4) is 0 Å². The molecule has 0 aliphatic carbocycles. The lowest BCUT2D eigenvalue weighted by Gasteiger charge is -2.33. The normalized spacial score (nSPS) is 21.3. The first kappa shape index (κ1) is 62.1. The van der Waals surface area contributed by atoms with Crippen molar-refractivity contribution >= 4 is 57.0 Å². The fourth-order valence-electron chi connectivity index (χ4n) is 9.60. The standard InChI is InChI=1S/C21H25N9O2.C16H21N7O.C9H21O6P3.C5H6N2O2/c1-5-30-13(2)15(10-25-30)17-26-16-18(28(17)4)23-12-24-20(16)32-14-6-8-29(11-14)21(31)19-22-7-9-27(19)3;1-4-23-10(2)12(8-20-23)14-21-13-15(22(14)3)18-9-19-16(13)24-11-5-6-17-7-11;1-4-7-16(10)13-17(11,8-5-2)15-18(12,14-16)9-6-3;1-7-3-2-6-4(7)5(8)9/h7,9-10,12,14H,5-6,8,11H2,1-4H3;8-9,11,17H,4-7H2,1-3H3;4-9H2,1-3H3;2-3H,1H3,(H,8,9). The van der Waals surface area contributed by atoms with E-state index in [1.54, 1.807) is 55.9 Å². The largest absolute Gasteiger partial charge is 0.475 e. The topological polar surface area (TPSA) is 325 Å². The van der Waals surface area contributed by atoms with Crippen LogP contribution in [0.4, 0.5) is 0 Å². The van der Waals surface area contributed by atoms with Gasteiger partial charge in [-0.05, 0) is 59.9 Å². The number of amides is 1. The zero-order valence-electron chi connectivity index (χ0n) is 48.6. The first-order valence-electron chi connectivity index (χ1n) is 27.5. The SMILES string of the molecule is CCCP1(=O)OP(=O)(CCC)OP(=O)(CCC)O1.CCn1ncc(-c2nc3c(OC4CCN(C(=O)c5nccn5C)C4)ncnc3n2C)c1C.CCn1ncc(-c2nc3c(OC4CCNC4)ncnc3n2C)c1C.Cn1ccnc1C(=O)O. The number of likely N-dealkylation sites (tertiary alicyclic amines) is 1. The zero-order chi connectivity index (χ0) is 59.8. The Bertz CT molecular complexity index is 3630. The molecule has 8 aromatic rings. The van der Waals surface area contributed by atoms with E-state index in [0.717, 1.165) is 72.4 Å². The lowest BCUT2D eigenvalue weighted by atomic mass is 10.2. The van der Waals surface area contributed by atoms with Gasteiger partial charge in [0, 0.05) is 97.0 Å². The number of aromatic carboxylic acids is 1. The summed E-state index contributed by atoms with van der Waals surface area (Å²) in [6, 6.07) is 0. The van der Waals surface area contributed by atoms with Crippen molar-refractivity contribution in [1.82, 2.24) is 87.9 Å². The summed E-state index contributed by atoms with van der Waals surface area (Å²) in [7, 11) is -3.37. The van der Waals surface area contributed by atoms with Crippen molar-refractivity contribution in [3.63, 3.8) is 0 Å². The number of carboxylic acid groups (broad SMARTS) is 1. The van der Waals surface area contributed by atoms with Crippen LogP contribution in [-0.2, 0) is 67.9 Å². The number of rotatable bonds is 16. The molecule has 83 heavy (non-hydrogen) atoms. The number of nitrogens with one attached hydrogen (secondary N) is 1. The highest BCUT2D eigenvalue weighted by atomic mass is 31.3. The van der Waals surface area contributed by atoms with Crippen LogP contribution in [0.25, 0.3) is 45.1 Å². The molecule has 2 N–H and O–H groups in total. The van der Waals surface area contributed by atoms with Crippen LogP contribution < -0.4 is 14.8 Å². The van der Waals surface area contributed by atoms with Crippen molar-refractivity contribution in [3.8, 4) is 34.5 Å². The van der Waals surface area contributed by atoms with E-state index < -0.39 is 28.8 Å². The van der Waals surface area contributed by atoms with Gasteiger partial charge in [0.2, 0.25) is 17.6 Å². The molecule has 0 saturated carbocycles. The summed E-state index contributed by atoms with van der Waals surface area (Å²) >= 11 is 0. The van der Waals surface area contributed by atoms with Crippen molar-refractivity contribution in [2.24, 2.45) is 28.2 Å². The highest BCUT2D eigenvalue weighted by molar-refractivity contribution is 7.80. The molecule has 3 saturated heterocycles. The van der Waals surface area contributed by atoms with Crippen LogP contribution >= 0.6 is 22.8 Å². The number of imidazole rings is 4. The van der Waals surface area contributed by atoms with Crippen LogP contribution in [0.15, 0.2) is 49.8 Å². The Labute approximate surface area is 480 Å². The van der Waals surface area contributed by atoms with Crippen LogP contribution in [0.5, 0.6) is 11.8 Å². The Kier molecular flexibility index (Phi) is 20.0. The molecule has 3 aliphatic heterocycles. The number of hydrogen-bond acceptors (Lipinski definition) is 21. The molecule has 0 aromatic carbocycles. The Morgan fingerprint density at radius 2 is 1.11 bits per heavy atom. The van der Waals surface area contributed by atoms with Gasteiger partial charge in [-0.3, -0.25) is 27.9 Å². The Hall–Kier alpha value is -6.99. The third-order valence-electron chi connectivity index (χ3n) is 13.8. The van der Waals surface area contributed by atoms with Gasteiger partial charge in [0.15, 0.2) is 28.2 Å². The third-order valence-corrected chi connectivity index (χ3v) is 22.8. The van der Waals surface area contributed by atoms with E-state index in [1.807, 2.05) is 59.0 Å². The van der Waals surface area contributed by atoms with Gasteiger partial charge in [-0.15, -0.1) is 0 Å². The number of carbonyl (C=O) groups excluding carboxylic acids is 1. The van der Waals surface area contributed by atoms with Crippen LogP contribution in [0.2, 0.25) is 0 Å². The maximum Gasteiger partial charge on any atom is 0.372 e. The highest BCUT2D eigenvalue weighted by Gasteiger charge is 2.51. The van der Waals surface area contributed by atoms with Gasteiger partial charge in [0.25, 0.3) is 5.91 Å². The third kappa shape index (κ3) is 14.0. The minimum absolute atomic E-state index is 0.0648. The van der Waals surface area contributed by atoms with E-state index in [9.17, 15) is 23.3 Å². The number of hydrogen-bond donors (Lipinski definition) is 2. The number of carbonyl (C=O) groups is 2. The summed E-state index contributed by atoms with van der Waals surface area (Å²) in [5.41, 5.74) is 6.84. The molecule has 448 valence electrons. The van der Waals surface area contributed by atoms with E-state index in [2.05, 4.69) is 66.2 Å². The predicted molar refractivity (Wildman–Crippen MR) is 308 cm³/mol. The lowest BCUT2D eigenvalue weighted by Crippen LogP contribution is -2.32. The molecule has 2 unspecified atom stereocenters. The molecule has 2 atom stereocenters. The lowest BCUT2D eigenvalue weighted by molar-refractivity contribution is 0.0678. The smallest absolute Gasteiger partial charge is 0.372 e. The van der Waals surface area contributed by atoms with Gasteiger partial charge in [0.1, 0.15) is 36.5 Å². The number of nitrogens with zero attached hydrogens (tertiary/aromatic N) is 17. The molecule has 0 spiro atoms. The minimum atomic E-state index is -3.57. The van der Waals surface area contributed by atoms with Crippen LogP contribution in [-0.4, -0.2) is 156 Å². The van der Waals surface area contributed by atoms with E-state index >= 15 is 0 Å². The van der Waals surface area contributed by atoms with Gasteiger partial charge in [-0.25, -0.2) is 47.6 Å². The molecule has 32 heteroatoms. The molecule has 3 aliphatic rings. The van der Waals surface area contributed by atoms with E-state index in [-0.39, 0.29) is 42.4 Å². The van der Waals surface area contributed by atoms with Crippen molar-refractivity contribution < 1.29 is 50.8 Å². The number of aromatic nitrogens is 16. The van der Waals surface area contributed by atoms with Gasteiger partial charge < -0.3 is 43.1 Å². The first-order chi connectivity index (χ1) is 39.7. The van der Waals surface area contributed by atoms with E-state index in [0.29, 0.717) is 73.0 Å².